The van der Waals surface area contributed by atoms with Gasteiger partial charge in [0.15, 0.2) is 5.78 Å². The Balaban J connectivity index is 1.34. The third kappa shape index (κ3) is 4.32. The van der Waals surface area contributed by atoms with Crippen molar-refractivity contribution in [1.82, 2.24) is 4.90 Å². The minimum Gasteiger partial charge on any atom is -0.487 e. The van der Waals surface area contributed by atoms with Crippen LogP contribution in [0.4, 0.5) is 11.4 Å². The lowest BCUT2D eigenvalue weighted by atomic mass is 9.93. The number of rotatable bonds is 6. The molecule has 1 N–H and O–H groups in total. The van der Waals surface area contributed by atoms with Crippen molar-refractivity contribution >= 4 is 34.9 Å². The number of nitro benzene ring substituents is 1. The van der Waals surface area contributed by atoms with E-state index in [1.807, 2.05) is 13.8 Å². The van der Waals surface area contributed by atoms with E-state index >= 15 is 0 Å². The Morgan fingerprint density at radius 3 is 2.55 bits per heavy atom. The Bertz CT molecular complexity index is 1220. The normalized spacial score (nSPS) is 16.2. The summed E-state index contributed by atoms with van der Waals surface area (Å²) in [5.41, 5.74) is 0.107. The molecular weight excluding hydrogens is 430 g/mol. The van der Waals surface area contributed by atoms with Crippen LogP contribution in [0.5, 0.6) is 5.75 Å². The number of nitro groups is 1. The van der Waals surface area contributed by atoms with Crippen molar-refractivity contribution in [1.29, 1.82) is 0 Å². The summed E-state index contributed by atoms with van der Waals surface area (Å²) in [7, 11) is 0. The zero-order chi connectivity index (χ0) is 23.9. The van der Waals surface area contributed by atoms with E-state index in [9.17, 15) is 29.3 Å². The molecule has 2 aromatic rings. The minimum absolute atomic E-state index is 0.000833. The Labute approximate surface area is 188 Å². The van der Waals surface area contributed by atoms with E-state index in [0.717, 1.165) is 11.0 Å². The van der Waals surface area contributed by atoms with Gasteiger partial charge in [-0.3, -0.25) is 34.2 Å². The lowest BCUT2D eigenvalue weighted by Gasteiger charge is -2.31. The van der Waals surface area contributed by atoms with Crippen LogP contribution in [-0.4, -0.2) is 45.5 Å². The van der Waals surface area contributed by atoms with Gasteiger partial charge in [-0.15, -0.1) is 0 Å². The Morgan fingerprint density at radius 2 is 1.82 bits per heavy atom. The molecule has 4 rings (SSSR count). The number of Topliss-reactive ketones (excluding diaryl/α,β-unsaturated/α-hetero) is 1. The number of non-ortho nitro benzene ring substituents is 1. The third-order valence-electron chi connectivity index (χ3n) is 5.49. The number of nitrogens with zero attached hydrogens (tertiary/aromatic N) is 2. The summed E-state index contributed by atoms with van der Waals surface area (Å²) in [6, 6.07) is 8.38. The van der Waals surface area contributed by atoms with E-state index in [4.69, 9.17) is 4.74 Å². The number of hydrogen-bond donors (Lipinski definition) is 1. The largest absolute Gasteiger partial charge is 0.487 e. The highest BCUT2D eigenvalue weighted by molar-refractivity contribution is 6.21. The molecule has 3 amide bonds. The second kappa shape index (κ2) is 8.12. The van der Waals surface area contributed by atoms with Crippen molar-refractivity contribution in [2.75, 3.05) is 11.9 Å². The fourth-order valence-corrected chi connectivity index (χ4v) is 3.95. The van der Waals surface area contributed by atoms with Crippen molar-refractivity contribution in [3.05, 3.63) is 63.2 Å². The first-order valence-electron chi connectivity index (χ1n) is 10.4. The molecule has 0 unspecified atom stereocenters. The van der Waals surface area contributed by atoms with E-state index in [-0.39, 0.29) is 54.3 Å². The van der Waals surface area contributed by atoms with E-state index in [1.54, 1.807) is 18.2 Å². The smallest absolute Gasteiger partial charge is 0.270 e. The zero-order valence-electron chi connectivity index (χ0n) is 18.0. The van der Waals surface area contributed by atoms with Crippen molar-refractivity contribution in [2.45, 2.75) is 38.7 Å². The number of nitrogens with one attached hydrogen (secondary N) is 1. The molecule has 170 valence electrons. The molecule has 0 saturated carbocycles. The molecule has 0 aromatic heterocycles. The second-order valence-corrected chi connectivity index (χ2v) is 8.57. The molecule has 2 aliphatic heterocycles. The zero-order valence-corrected chi connectivity index (χ0v) is 18.0. The first kappa shape index (κ1) is 22.1. The number of amides is 3. The van der Waals surface area contributed by atoms with Gasteiger partial charge in [0.25, 0.3) is 17.5 Å². The van der Waals surface area contributed by atoms with Gasteiger partial charge in [0, 0.05) is 30.8 Å². The number of carbonyl (C=O) groups is 4. The van der Waals surface area contributed by atoms with E-state index in [0.29, 0.717) is 17.0 Å². The first-order valence-corrected chi connectivity index (χ1v) is 10.4. The van der Waals surface area contributed by atoms with Crippen LogP contribution < -0.4 is 10.1 Å². The molecular formula is C23H21N3O7. The SMILES string of the molecule is CC1(C)CC(=O)c2cc(NC(=O)CCCN3C(=O)c4ccc([N+](=O)[O-])cc4C3=O)ccc2O1. The first-order chi connectivity index (χ1) is 15.6. The lowest BCUT2D eigenvalue weighted by molar-refractivity contribution is -0.384. The highest BCUT2D eigenvalue weighted by atomic mass is 16.6. The van der Waals surface area contributed by atoms with Gasteiger partial charge < -0.3 is 10.1 Å². The molecule has 0 spiro atoms. The van der Waals surface area contributed by atoms with Crippen LogP contribution in [0.2, 0.25) is 0 Å². The van der Waals surface area contributed by atoms with Crippen LogP contribution in [-0.2, 0) is 4.79 Å². The van der Waals surface area contributed by atoms with Gasteiger partial charge in [-0.2, -0.15) is 0 Å². The molecule has 0 saturated heterocycles. The van der Waals surface area contributed by atoms with Gasteiger partial charge in [-0.25, -0.2) is 0 Å². The predicted octanol–water partition coefficient (Wildman–Crippen LogP) is 3.35. The molecule has 10 nitrogen and oxygen atoms in total. The van der Waals surface area contributed by atoms with Crippen LogP contribution >= 0.6 is 0 Å². The lowest BCUT2D eigenvalue weighted by Crippen LogP contribution is -2.35. The van der Waals surface area contributed by atoms with Gasteiger partial charge >= 0.3 is 0 Å². The van der Waals surface area contributed by atoms with Gasteiger partial charge in [-0.05, 0) is 44.5 Å². The van der Waals surface area contributed by atoms with Crippen LogP contribution in [0.3, 0.4) is 0 Å². The Morgan fingerprint density at radius 1 is 1.09 bits per heavy atom. The fraction of sp³-hybridized carbons (Fsp3) is 0.304. The van der Waals surface area contributed by atoms with E-state index in [2.05, 4.69) is 5.32 Å². The van der Waals surface area contributed by atoms with Crippen LogP contribution in [0, 0.1) is 10.1 Å². The average Bonchev–Trinajstić information content (AvgIpc) is 2.98. The molecule has 10 heteroatoms. The van der Waals surface area contributed by atoms with E-state index in [1.165, 1.54) is 12.1 Å². The van der Waals surface area contributed by atoms with Crippen molar-refractivity contribution < 1.29 is 28.8 Å². The van der Waals surface area contributed by atoms with Gasteiger partial charge in [0.05, 0.1) is 28.0 Å². The van der Waals surface area contributed by atoms with Crippen LogP contribution in [0.1, 0.15) is 64.2 Å². The van der Waals surface area contributed by atoms with E-state index < -0.39 is 22.3 Å². The molecule has 2 aromatic carbocycles. The number of ketones is 1. The monoisotopic (exact) mass is 451 g/mol. The van der Waals surface area contributed by atoms with Crippen LogP contribution in [0.15, 0.2) is 36.4 Å². The summed E-state index contributed by atoms with van der Waals surface area (Å²) < 4.78 is 5.80. The molecule has 0 aliphatic carbocycles. The maximum absolute atomic E-state index is 12.5. The average molecular weight is 451 g/mol. The number of benzene rings is 2. The number of ether oxygens (including phenoxy) is 1. The molecule has 0 radical (unpaired) electrons. The summed E-state index contributed by atoms with van der Waals surface area (Å²) in [6.07, 6.45) is 0.476. The number of fused-ring (bicyclic) bond motifs is 2. The van der Waals surface area contributed by atoms with Gasteiger partial charge in [0.2, 0.25) is 5.91 Å². The third-order valence-corrected chi connectivity index (χ3v) is 5.49. The van der Waals surface area contributed by atoms with Crippen LogP contribution in [0.25, 0.3) is 0 Å². The summed E-state index contributed by atoms with van der Waals surface area (Å²) >= 11 is 0. The van der Waals surface area contributed by atoms with Crippen molar-refractivity contribution in [3.63, 3.8) is 0 Å². The predicted molar refractivity (Wildman–Crippen MR) is 116 cm³/mol. The summed E-state index contributed by atoms with van der Waals surface area (Å²) in [6.45, 7) is 3.66. The second-order valence-electron chi connectivity index (χ2n) is 8.57. The summed E-state index contributed by atoms with van der Waals surface area (Å²) in [5.74, 6) is -1.09. The Kier molecular flexibility index (Phi) is 5.44. The highest BCUT2D eigenvalue weighted by Gasteiger charge is 2.36. The maximum atomic E-state index is 12.5. The fourth-order valence-electron chi connectivity index (χ4n) is 3.95. The number of anilines is 1. The molecule has 33 heavy (non-hydrogen) atoms. The van der Waals surface area contributed by atoms with Gasteiger partial charge in [0.1, 0.15) is 11.4 Å². The number of carbonyl (C=O) groups excluding carboxylic acids is 4. The molecule has 2 aliphatic rings. The molecule has 0 fully saturated rings. The quantitative estimate of drug-likeness (QED) is 0.404. The standard InChI is InChI=1S/C23H21N3O7/c1-23(2)12-18(27)17-10-13(5-8-19(17)33-23)24-20(28)4-3-9-25-21(29)15-7-6-14(26(31)32)11-16(15)22(25)30/h5-8,10-11H,3-4,9,12H2,1-2H3,(H,24,28). The number of imide groups is 1. The van der Waals surface area contributed by atoms with Gasteiger partial charge in [-0.1, -0.05) is 0 Å². The van der Waals surface area contributed by atoms with Crippen molar-refractivity contribution in [3.8, 4) is 5.75 Å². The molecule has 0 atom stereocenters. The summed E-state index contributed by atoms with van der Waals surface area (Å²) in [4.78, 5) is 61.0. The minimum atomic E-state index is -0.633. The van der Waals surface area contributed by atoms with Crippen molar-refractivity contribution in [2.24, 2.45) is 0 Å². The number of hydrogen-bond acceptors (Lipinski definition) is 7. The molecule has 0 bridgehead atoms. The highest BCUT2D eigenvalue weighted by Crippen LogP contribution is 2.34. The maximum Gasteiger partial charge on any atom is 0.270 e. The Hall–Kier alpha value is -4.08. The topological polar surface area (TPSA) is 136 Å². The molecule has 2 heterocycles. The summed E-state index contributed by atoms with van der Waals surface area (Å²) in [5, 5.41) is 13.6.